The number of hydrogen-bond acceptors (Lipinski definition) is 22. The second-order valence-electron chi connectivity index (χ2n) is 13.6. The van der Waals surface area contributed by atoms with E-state index in [9.17, 15) is 73.5 Å². The summed E-state index contributed by atoms with van der Waals surface area (Å²) in [6.07, 6.45) is -12.7. The number of nitrogens with zero attached hydrogens (tertiary/aromatic N) is 4. The maximum atomic E-state index is 12.7. The minimum Gasteiger partial charge on any atom is -0.394 e. The summed E-state index contributed by atoms with van der Waals surface area (Å²) in [5, 5.41) is 65.4. The van der Waals surface area contributed by atoms with Crippen LogP contribution < -0.4 is 16.4 Å². The van der Waals surface area contributed by atoms with Crippen LogP contribution in [0.15, 0.2) is 12.7 Å². The number of thioether (sulfide) groups is 1. The molecule has 0 spiro atoms. The molecule has 4 heterocycles. The lowest BCUT2D eigenvalue weighted by Gasteiger charge is -2.39. The molecule has 4 rings (SSSR count). The summed E-state index contributed by atoms with van der Waals surface area (Å²) in [6, 6.07) is 0. The number of nitrogens with one attached hydrogen (secondary N) is 2. The molecule has 0 aliphatic carbocycles. The third-order valence-electron chi connectivity index (χ3n) is 8.63. The molecular weight excluding hydrogens is 883 g/mol. The average Bonchev–Trinajstić information content (AvgIpc) is 3.71. The zero-order valence-corrected chi connectivity index (χ0v) is 34.5. The molecule has 2 aliphatic heterocycles. The first-order valence-corrected chi connectivity index (χ1v) is 22.7. The number of phosphoric ester groups is 3. The topological polar surface area (TPSA) is 437 Å². The first-order chi connectivity index (χ1) is 27.4. The highest BCUT2D eigenvalue weighted by molar-refractivity contribution is 7.99. The number of rotatable bonds is 21. The SMILES string of the molecule is CC(C)(COP(=O)(O)OP(=O)(O)OC[C@H]1O[C@@H](n2cnc3c(N)ncnc32)[C@H](O)[C@@H]1OP(=O)(O)O)[C@@H](O)C(=O)NCCC(=O)NCCSC1O[C@H](CO)[C@@H](O)[C@H](O)[C@H]1O. The van der Waals surface area contributed by atoms with Gasteiger partial charge >= 0.3 is 23.5 Å². The Kier molecular flexibility index (Phi) is 16.9. The number of aliphatic hydroxyl groups excluding tert-OH is 6. The maximum absolute atomic E-state index is 12.7. The van der Waals surface area contributed by atoms with Gasteiger partial charge < -0.3 is 76.1 Å². The number of nitrogens with two attached hydrogens (primary N) is 1. The molecule has 32 heteroatoms. The Labute approximate surface area is 337 Å². The van der Waals surface area contributed by atoms with E-state index in [1.807, 2.05) is 0 Å². The van der Waals surface area contributed by atoms with Gasteiger partial charge in [-0.15, -0.1) is 11.8 Å². The first-order valence-electron chi connectivity index (χ1n) is 17.2. The summed E-state index contributed by atoms with van der Waals surface area (Å²) in [7, 11) is -16.5. The number of anilines is 1. The van der Waals surface area contributed by atoms with E-state index in [-0.39, 0.29) is 42.2 Å². The number of fused-ring (bicyclic) bond motifs is 1. The second-order valence-corrected chi connectivity index (χ2v) is 19.1. The average molecular weight is 930 g/mol. The highest BCUT2D eigenvalue weighted by Gasteiger charge is 2.50. The van der Waals surface area contributed by atoms with Gasteiger partial charge in [0.2, 0.25) is 11.8 Å². The van der Waals surface area contributed by atoms with Crippen LogP contribution in [0, 0.1) is 5.41 Å². The van der Waals surface area contributed by atoms with Gasteiger partial charge in [0.15, 0.2) is 17.7 Å². The quantitative estimate of drug-likeness (QED) is 0.0418. The molecular formula is C27H46N7O21P3S. The van der Waals surface area contributed by atoms with Crippen LogP contribution in [0.25, 0.3) is 11.2 Å². The summed E-state index contributed by atoms with van der Waals surface area (Å²) in [5.41, 5.74) is 3.19. The van der Waals surface area contributed by atoms with E-state index in [1.165, 1.54) is 13.8 Å². The van der Waals surface area contributed by atoms with Crippen molar-refractivity contribution >= 4 is 64.0 Å². The predicted molar refractivity (Wildman–Crippen MR) is 196 cm³/mol. The Morgan fingerprint density at radius 3 is 2.29 bits per heavy atom. The molecule has 2 aromatic rings. The molecule has 2 aromatic heterocycles. The zero-order valence-electron chi connectivity index (χ0n) is 31.0. The Hall–Kier alpha value is -2.31. The van der Waals surface area contributed by atoms with Gasteiger partial charge in [-0.05, 0) is 0 Å². The molecule has 59 heavy (non-hydrogen) atoms. The molecule has 14 N–H and O–H groups in total. The van der Waals surface area contributed by atoms with Gasteiger partial charge in [0.1, 0.15) is 66.1 Å². The van der Waals surface area contributed by atoms with Gasteiger partial charge in [0, 0.05) is 30.7 Å². The van der Waals surface area contributed by atoms with Crippen molar-refractivity contribution in [3.63, 3.8) is 0 Å². The lowest BCUT2D eigenvalue weighted by molar-refractivity contribution is -0.205. The van der Waals surface area contributed by atoms with E-state index in [1.54, 1.807) is 0 Å². The zero-order chi connectivity index (χ0) is 44.1. The molecule has 2 fully saturated rings. The number of imidazole rings is 1. The number of ether oxygens (including phenoxy) is 2. The fourth-order valence-corrected chi connectivity index (χ4v) is 9.37. The number of aliphatic hydroxyl groups is 6. The van der Waals surface area contributed by atoms with E-state index < -0.39 is 121 Å². The van der Waals surface area contributed by atoms with Crippen molar-refractivity contribution in [1.29, 1.82) is 0 Å². The van der Waals surface area contributed by atoms with Crippen molar-refractivity contribution in [1.82, 2.24) is 30.2 Å². The molecule has 336 valence electrons. The summed E-state index contributed by atoms with van der Waals surface area (Å²) < 4.78 is 67.4. The third-order valence-corrected chi connectivity index (χ3v) is 12.9. The highest BCUT2D eigenvalue weighted by atomic mass is 32.2. The largest absolute Gasteiger partial charge is 0.481 e. The number of amides is 2. The van der Waals surface area contributed by atoms with Crippen LogP contribution in [0.1, 0.15) is 26.5 Å². The maximum Gasteiger partial charge on any atom is 0.481 e. The second kappa shape index (κ2) is 20.3. The normalized spacial score (nSPS) is 29.1. The van der Waals surface area contributed by atoms with Crippen molar-refractivity contribution < 1.29 is 101 Å². The monoisotopic (exact) mass is 929 g/mol. The number of carbonyl (C=O) groups excluding carboxylic acids is 2. The summed E-state index contributed by atoms with van der Waals surface area (Å²) >= 11 is 1.01. The summed E-state index contributed by atoms with van der Waals surface area (Å²) in [4.78, 5) is 75.8. The third kappa shape index (κ3) is 13.3. The van der Waals surface area contributed by atoms with Crippen LogP contribution >= 0.6 is 35.2 Å². The van der Waals surface area contributed by atoms with Gasteiger partial charge in [-0.2, -0.15) is 4.31 Å². The fourth-order valence-electron chi connectivity index (χ4n) is 5.51. The van der Waals surface area contributed by atoms with Crippen LogP contribution in [0.3, 0.4) is 0 Å². The number of hydrogen-bond donors (Lipinski definition) is 13. The van der Waals surface area contributed by atoms with Crippen LogP contribution in [0.2, 0.25) is 0 Å². The Balaban J connectivity index is 1.22. The molecule has 0 bridgehead atoms. The fraction of sp³-hybridized carbons (Fsp3) is 0.741. The van der Waals surface area contributed by atoms with E-state index in [2.05, 4.69) is 34.4 Å². The molecule has 3 unspecified atom stereocenters. The Morgan fingerprint density at radius 1 is 0.949 bits per heavy atom. The number of phosphoric acid groups is 3. The highest BCUT2D eigenvalue weighted by Crippen LogP contribution is 2.61. The van der Waals surface area contributed by atoms with Crippen molar-refractivity contribution in [3.05, 3.63) is 12.7 Å². The molecule has 0 saturated carbocycles. The Bertz CT molecular complexity index is 1910. The molecule has 0 aromatic carbocycles. The summed E-state index contributed by atoms with van der Waals surface area (Å²) in [5.74, 6) is -1.42. The molecule has 12 atom stereocenters. The smallest absolute Gasteiger partial charge is 0.394 e. The molecule has 0 radical (unpaired) electrons. The lowest BCUT2D eigenvalue weighted by atomic mass is 9.87. The first kappa shape index (κ1) is 49.3. The van der Waals surface area contributed by atoms with Crippen molar-refractivity contribution in [2.24, 2.45) is 5.41 Å². The van der Waals surface area contributed by atoms with Crippen LogP contribution in [0.5, 0.6) is 0 Å². The van der Waals surface area contributed by atoms with Crippen LogP contribution in [-0.2, 0) is 50.6 Å². The van der Waals surface area contributed by atoms with E-state index >= 15 is 0 Å². The standard InChI is InChI=1S/C27H46N7O21P3S/c1-27(2,21(41)24(42)30-4-3-14(36)29-5-6-59-26-18(39)17(38)16(37)12(7-35)53-26)9-51-58(48,49)55-57(46,47)50-8-13-20(54-56(43,44)45)19(40)25(52-13)34-11-33-15-22(28)31-10-32-23(15)34/h10-13,16-21,25-26,35,37-41H,3-9H2,1-2H3,(H,29,36)(H,30,42)(H,46,47)(H,48,49)(H2,28,31,32)(H2,43,44,45)/t12-,13-,16-,17+,18-,19-,20-,21+,25-,26?/m1/s1. The van der Waals surface area contributed by atoms with Crippen LogP contribution in [0.4, 0.5) is 5.82 Å². The van der Waals surface area contributed by atoms with E-state index in [0.29, 0.717) is 0 Å². The van der Waals surface area contributed by atoms with E-state index in [4.69, 9.17) is 24.3 Å². The van der Waals surface area contributed by atoms with Crippen molar-refractivity contribution in [2.45, 2.75) is 80.8 Å². The van der Waals surface area contributed by atoms with Gasteiger partial charge in [-0.25, -0.2) is 28.6 Å². The number of carbonyl (C=O) groups is 2. The molecule has 2 amide bonds. The van der Waals surface area contributed by atoms with Gasteiger partial charge in [-0.1, -0.05) is 13.8 Å². The van der Waals surface area contributed by atoms with Crippen molar-refractivity contribution in [3.8, 4) is 0 Å². The minimum absolute atomic E-state index is 0.0165. The molecule has 28 nitrogen and oxygen atoms in total. The van der Waals surface area contributed by atoms with Gasteiger partial charge in [0.25, 0.3) is 0 Å². The van der Waals surface area contributed by atoms with Crippen molar-refractivity contribution in [2.75, 3.05) is 44.4 Å². The summed E-state index contributed by atoms with van der Waals surface area (Å²) in [6.45, 7) is -0.440. The van der Waals surface area contributed by atoms with Gasteiger partial charge in [0.05, 0.1) is 26.1 Å². The van der Waals surface area contributed by atoms with Crippen LogP contribution in [-0.4, -0.2) is 174 Å². The molecule has 2 saturated heterocycles. The number of nitrogen functional groups attached to an aromatic ring is 1. The predicted octanol–water partition coefficient (Wildman–Crippen LogP) is -4.06. The molecule has 2 aliphatic rings. The van der Waals surface area contributed by atoms with E-state index in [0.717, 1.165) is 29.0 Å². The Morgan fingerprint density at radius 2 is 1.63 bits per heavy atom. The number of aromatic nitrogens is 4. The lowest BCUT2D eigenvalue weighted by Crippen LogP contribution is -2.57. The van der Waals surface area contributed by atoms with Gasteiger partial charge in [-0.3, -0.25) is 27.7 Å². The minimum atomic E-state index is -5.60.